The molecule has 2 heterocycles. The van der Waals surface area contributed by atoms with Gasteiger partial charge in [-0.05, 0) is 35.7 Å². The fourth-order valence-corrected chi connectivity index (χ4v) is 5.04. The van der Waals surface area contributed by atoms with Crippen LogP contribution in [0.25, 0.3) is 0 Å². The predicted octanol–water partition coefficient (Wildman–Crippen LogP) is 3.70. The first kappa shape index (κ1) is 17.0. The van der Waals surface area contributed by atoms with Gasteiger partial charge in [0.1, 0.15) is 0 Å². The Bertz CT molecular complexity index is 749. The van der Waals surface area contributed by atoms with Gasteiger partial charge in [0.05, 0.1) is 5.25 Å². The Balaban J connectivity index is 1.31. The van der Waals surface area contributed by atoms with Crippen LogP contribution in [0.5, 0.6) is 0 Å². The highest BCUT2D eigenvalue weighted by Gasteiger charge is 2.32. The molecule has 0 saturated carbocycles. The Morgan fingerprint density at radius 2 is 1.88 bits per heavy atom. The first-order chi connectivity index (χ1) is 12.2. The molecule has 0 spiro atoms. The van der Waals surface area contributed by atoms with E-state index in [2.05, 4.69) is 29.2 Å². The maximum Gasteiger partial charge on any atom is 0.236 e. The number of thioether (sulfide) groups is 1. The topological polar surface area (TPSA) is 23.6 Å². The van der Waals surface area contributed by atoms with Crippen LogP contribution in [-0.2, 0) is 17.8 Å². The Kier molecular flexibility index (Phi) is 5.02. The molecule has 4 rings (SSSR count). The zero-order chi connectivity index (χ0) is 17.2. The molecule has 0 aliphatic carbocycles. The van der Waals surface area contributed by atoms with Crippen molar-refractivity contribution in [1.82, 2.24) is 9.80 Å². The van der Waals surface area contributed by atoms with Crippen molar-refractivity contribution in [2.24, 2.45) is 0 Å². The lowest BCUT2D eigenvalue weighted by atomic mass is 10.1. The number of fused-ring (bicyclic) bond motifs is 1. The summed E-state index contributed by atoms with van der Waals surface area (Å²) in [5.74, 6) is 0.295. The van der Waals surface area contributed by atoms with Gasteiger partial charge in [-0.2, -0.15) is 0 Å². The Morgan fingerprint density at radius 3 is 2.64 bits per heavy atom. The molecule has 2 aliphatic heterocycles. The van der Waals surface area contributed by atoms with Crippen molar-refractivity contribution in [3.8, 4) is 0 Å². The summed E-state index contributed by atoms with van der Waals surface area (Å²) in [7, 11) is 0. The Morgan fingerprint density at radius 1 is 1.08 bits per heavy atom. The van der Waals surface area contributed by atoms with Crippen molar-refractivity contribution in [3.63, 3.8) is 0 Å². The lowest BCUT2D eigenvalue weighted by Crippen LogP contribution is -2.50. The largest absolute Gasteiger partial charge is 0.339 e. The highest BCUT2D eigenvalue weighted by Crippen LogP contribution is 2.37. The van der Waals surface area contributed by atoms with Gasteiger partial charge >= 0.3 is 0 Å². The van der Waals surface area contributed by atoms with Crippen LogP contribution in [0.1, 0.15) is 11.1 Å². The van der Waals surface area contributed by atoms with Crippen LogP contribution >= 0.6 is 23.4 Å². The molecule has 2 aromatic carbocycles. The monoisotopic (exact) mass is 372 g/mol. The fourth-order valence-electron chi connectivity index (χ4n) is 3.54. The molecule has 0 bridgehead atoms. The van der Waals surface area contributed by atoms with Crippen LogP contribution in [0.3, 0.4) is 0 Å². The summed E-state index contributed by atoms with van der Waals surface area (Å²) >= 11 is 7.79. The van der Waals surface area contributed by atoms with E-state index in [1.54, 1.807) is 11.8 Å². The van der Waals surface area contributed by atoms with Crippen LogP contribution in [0.15, 0.2) is 53.4 Å². The predicted molar refractivity (Wildman–Crippen MR) is 103 cm³/mol. The van der Waals surface area contributed by atoms with Crippen molar-refractivity contribution < 1.29 is 4.79 Å². The smallest absolute Gasteiger partial charge is 0.236 e. The second-order valence-electron chi connectivity index (χ2n) is 6.65. The summed E-state index contributed by atoms with van der Waals surface area (Å²) in [4.78, 5) is 18.5. The molecule has 25 heavy (non-hydrogen) atoms. The van der Waals surface area contributed by atoms with E-state index in [4.69, 9.17) is 11.6 Å². The third-order valence-corrected chi connectivity index (χ3v) is 6.44. The zero-order valence-electron chi connectivity index (χ0n) is 14.0. The third-order valence-electron chi connectivity index (χ3n) is 4.90. The van der Waals surface area contributed by atoms with Gasteiger partial charge < -0.3 is 4.90 Å². The van der Waals surface area contributed by atoms with Crippen LogP contribution in [0.4, 0.5) is 0 Å². The van der Waals surface area contributed by atoms with Crippen molar-refractivity contribution >= 4 is 29.3 Å². The van der Waals surface area contributed by atoms with E-state index < -0.39 is 0 Å². The average molecular weight is 373 g/mol. The Labute approximate surface area is 158 Å². The number of nitrogens with zero attached hydrogens (tertiary/aromatic N) is 2. The lowest BCUT2D eigenvalue weighted by molar-refractivity contribution is -0.132. The Hall–Kier alpha value is -1.49. The molecular weight excluding hydrogens is 352 g/mol. The van der Waals surface area contributed by atoms with Crippen LogP contribution in [0, 0.1) is 0 Å². The minimum Gasteiger partial charge on any atom is -0.339 e. The lowest BCUT2D eigenvalue weighted by Gasteiger charge is -2.35. The minimum absolute atomic E-state index is 0.0527. The van der Waals surface area contributed by atoms with Crippen molar-refractivity contribution in [2.75, 3.05) is 26.2 Å². The van der Waals surface area contributed by atoms with E-state index >= 15 is 0 Å². The second-order valence-corrected chi connectivity index (χ2v) is 8.33. The molecule has 1 atom stereocenters. The number of amides is 1. The van der Waals surface area contributed by atoms with E-state index in [-0.39, 0.29) is 5.25 Å². The third kappa shape index (κ3) is 3.86. The normalized spacial score (nSPS) is 20.5. The molecule has 2 aromatic rings. The summed E-state index contributed by atoms with van der Waals surface area (Å²) in [6.45, 7) is 4.36. The SMILES string of the molecule is O=C(C1Cc2ccccc2S1)N1CCN(Cc2cccc(Cl)c2)CC1. The first-order valence-electron chi connectivity index (χ1n) is 8.69. The van der Waals surface area contributed by atoms with Crippen molar-refractivity contribution in [2.45, 2.75) is 23.1 Å². The van der Waals surface area contributed by atoms with E-state index in [9.17, 15) is 4.79 Å². The quantitative estimate of drug-likeness (QED) is 0.820. The van der Waals surface area contributed by atoms with Gasteiger partial charge in [0.15, 0.2) is 0 Å². The second kappa shape index (κ2) is 7.40. The molecule has 0 N–H and O–H groups in total. The fraction of sp³-hybridized carbons (Fsp3) is 0.350. The highest BCUT2D eigenvalue weighted by molar-refractivity contribution is 8.01. The number of rotatable bonds is 3. The highest BCUT2D eigenvalue weighted by atomic mass is 35.5. The van der Waals surface area contributed by atoms with Gasteiger partial charge in [-0.15, -0.1) is 11.8 Å². The van der Waals surface area contributed by atoms with Gasteiger partial charge in [0.2, 0.25) is 5.91 Å². The number of piperazine rings is 1. The molecule has 0 aromatic heterocycles. The molecule has 0 radical (unpaired) electrons. The molecule has 5 heteroatoms. The van der Waals surface area contributed by atoms with E-state index in [0.717, 1.165) is 44.2 Å². The number of hydrogen-bond acceptors (Lipinski definition) is 3. The van der Waals surface area contributed by atoms with Crippen LogP contribution in [0.2, 0.25) is 5.02 Å². The number of carbonyl (C=O) groups is 1. The summed E-state index contributed by atoms with van der Waals surface area (Å²) in [6, 6.07) is 16.4. The molecule has 3 nitrogen and oxygen atoms in total. The van der Waals surface area contributed by atoms with Crippen LogP contribution < -0.4 is 0 Å². The molecule has 1 saturated heterocycles. The molecular formula is C20H21ClN2OS. The molecule has 1 amide bonds. The van der Waals surface area contributed by atoms with Gasteiger partial charge in [0, 0.05) is 42.6 Å². The van der Waals surface area contributed by atoms with Gasteiger partial charge in [-0.3, -0.25) is 9.69 Å². The summed E-state index contributed by atoms with van der Waals surface area (Å²) in [6.07, 6.45) is 0.863. The molecule has 2 aliphatic rings. The van der Waals surface area contributed by atoms with E-state index in [1.165, 1.54) is 16.0 Å². The maximum atomic E-state index is 12.8. The van der Waals surface area contributed by atoms with Gasteiger partial charge in [0.25, 0.3) is 0 Å². The standard InChI is InChI=1S/C20H21ClN2OS/c21-17-6-3-4-15(12-17)14-22-8-10-23(11-9-22)20(24)19-13-16-5-1-2-7-18(16)25-19/h1-7,12,19H,8-11,13-14H2. The summed E-state index contributed by atoms with van der Waals surface area (Å²) < 4.78 is 0. The molecule has 1 unspecified atom stereocenters. The van der Waals surface area contributed by atoms with Gasteiger partial charge in [-0.25, -0.2) is 0 Å². The maximum absolute atomic E-state index is 12.8. The zero-order valence-corrected chi connectivity index (χ0v) is 15.6. The average Bonchev–Trinajstić information content (AvgIpc) is 3.06. The van der Waals surface area contributed by atoms with E-state index in [0.29, 0.717) is 5.91 Å². The van der Waals surface area contributed by atoms with E-state index in [1.807, 2.05) is 29.2 Å². The summed E-state index contributed by atoms with van der Waals surface area (Å²) in [5, 5.41) is 0.834. The first-order valence-corrected chi connectivity index (χ1v) is 9.95. The van der Waals surface area contributed by atoms with Crippen LogP contribution in [-0.4, -0.2) is 47.1 Å². The molecule has 130 valence electrons. The van der Waals surface area contributed by atoms with Crippen molar-refractivity contribution in [3.05, 3.63) is 64.7 Å². The number of halogens is 1. The minimum atomic E-state index is 0.0527. The number of benzene rings is 2. The van der Waals surface area contributed by atoms with Crippen molar-refractivity contribution in [1.29, 1.82) is 0 Å². The van der Waals surface area contributed by atoms with Gasteiger partial charge in [-0.1, -0.05) is 41.9 Å². The molecule has 1 fully saturated rings. The number of hydrogen-bond donors (Lipinski definition) is 0. The summed E-state index contributed by atoms with van der Waals surface area (Å²) in [5.41, 5.74) is 2.54. The number of carbonyl (C=O) groups excluding carboxylic acids is 1.